The molecule has 8 heteroatoms. The van der Waals surface area contributed by atoms with Crippen LogP contribution in [0.2, 0.25) is 5.02 Å². The molecule has 0 bridgehead atoms. The van der Waals surface area contributed by atoms with Gasteiger partial charge in [0, 0.05) is 17.3 Å². The van der Waals surface area contributed by atoms with E-state index in [0.717, 1.165) is 29.0 Å². The minimum absolute atomic E-state index is 0.115. The number of nitrogens with one attached hydrogen (secondary N) is 1. The van der Waals surface area contributed by atoms with Crippen molar-refractivity contribution in [3.05, 3.63) is 101 Å². The Hall–Kier alpha value is -3.68. The molecule has 0 aliphatic rings. The minimum atomic E-state index is -2.05. The summed E-state index contributed by atoms with van der Waals surface area (Å²) in [4.78, 5) is 17.5. The van der Waals surface area contributed by atoms with Crippen LogP contribution in [0.15, 0.2) is 78.9 Å². The van der Waals surface area contributed by atoms with E-state index in [4.69, 9.17) is 21.3 Å². The third-order valence-electron chi connectivity index (χ3n) is 7.01. The fraction of sp³-hybridized carbons (Fsp3) is 0.312. The number of hydrogen-bond acceptors (Lipinski definition) is 4. The van der Waals surface area contributed by atoms with Crippen LogP contribution in [0.1, 0.15) is 51.6 Å². The highest BCUT2D eigenvalue weighted by atomic mass is 35.5. The number of aryl methyl sites for hydroxylation is 1. The Balaban J connectivity index is 1.41. The van der Waals surface area contributed by atoms with E-state index in [1.807, 2.05) is 32.0 Å². The summed E-state index contributed by atoms with van der Waals surface area (Å²) >= 11 is 6.17. The van der Waals surface area contributed by atoms with Gasteiger partial charge in [0.25, 0.3) is 0 Å². The van der Waals surface area contributed by atoms with Crippen molar-refractivity contribution >= 4 is 34.2 Å². The van der Waals surface area contributed by atoms with Crippen molar-refractivity contribution in [2.24, 2.45) is 0 Å². The molecular weight excluding hydrogens is 529 g/mol. The molecule has 2 atom stereocenters. The fourth-order valence-electron chi connectivity index (χ4n) is 4.93. The number of alkyl halides is 1. The first-order chi connectivity index (χ1) is 18.8. The Morgan fingerprint density at radius 2 is 1.80 bits per heavy atom. The molecule has 4 aromatic rings. The molecule has 4 rings (SSSR count). The number of aliphatic hydroxyl groups excluding tert-OH is 1. The van der Waals surface area contributed by atoms with Gasteiger partial charge < -0.3 is 19.7 Å². The summed E-state index contributed by atoms with van der Waals surface area (Å²) < 4.78 is 23.8. The van der Waals surface area contributed by atoms with Gasteiger partial charge in [0.15, 0.2) is 17.1 Å². The molecule has 1 amide bonds. The number of fused-ring (bicyclic) bond motifs is 1. The Labute approximate surface area is 239 Å². The van der Waals surface area contributed by atoms with E-state index < -0.39 is 17.4 Å². The molecule has 0 saturated carbocycles. The number of amides is 1. The standard InChI is InChI=1S/C32H35ClFN3O3/c1-7-37-28-17-12-24(33)19-27(28)36-30(37)31(5,6)40-26-15-13-25(14-16-26)35-29(39)18-22-8-10-23(11-9-22)32(34,20(2)3)21(4)38/h8-17,19,21,38H,2,7,18H2,1,3-6H3,(H,35,39). The summed E-state index contributed by atoms with van der Waals surface area (Å²) in [5.41, 5.74) is 0.905. The third kappa shape index (κ3) is 5.91. The molecule has 0 saturated heterocycles. The van der Waals surface area contributed by atoms with Crippen molar-refractivity contribution < 1.29 is 19.0 Å². The van der Waals surface area contributed by atoms with Gasteiger partial charge in [-0.05, 0) is 93.8 Å². The Kier molecular flexibility index (Phi) is 8.38. The lowest BCUT2D eigenvalue weighted by molar-refractivity contribution is -0.115. The molecule has 0 radical (unpaired) electrons. The topological polar surface area (TPSA) is 76.4 Å². The van der Waals surface area contributed by atoms with Gasteiger partial charge in [-0.1, -0.05) is 42.4 Å². The molecule has 0 fully saturated rings. The Morgan fingerprint density at radius 3 is 2.38 bits per heavy atom. The van der Waals surface area contributed by atoms with Gasteiger partial charge in [-0.15, -0.1) is 0 Å². The monoisotopic (exact) mass is 563 g/mol. The van der Waals surface area contributed by atoms with E-state index >= 15 is 4.39 Å². The van der Waals surface area contributed by atoms with Gasteiger partial charge in [0.05, 0.1) is 23.6 Å². The van der Waals surface area contributed by atoms with Crippen molar-refractivity contribution in [1.82, 2.24) is 9.55 Å². The molecule has 0 spiro atoms. The van der Waals surface area contributed by atoms with Crippen LogP contribution in [-0.4, -0.2) is 26.7 Å². The molecular formula is C32H35ClFN3O3. The SMILES string of the molecule is C=C(C)C(F)(c1ccc(CC(=O)Nc2ccc(OC(C)(C)c3nc4cc(Cl)ccc4n3CC)cc2)cc1)C(C)O. The van der Waals surface area contributed by atoms with Gasteiger partial charge in [0.2, 0.25) is 5.91 Å². The molecule has 1 heterocycles. The zero-order valence-corrected chi connectivity index (χ0v) is 24.2. The number of halogens is 2. The normalized spacial score (nSPS) is 14.0. The maximum absolute atomic E-state index is 15.3. The van der Waals surface area contributed by atoms with Crippen molar-refractivity contribution in [1.29, 1.82) is 0 Å². The van der Waals surface area contributed by atoms with E-state index in [0.29, 0.717) is 22.0 Å². The summed E-state index contributed by atoms with van der Waals surface area (Å²) in [6.07, 6.45) is -1.13. The number of ether oxygens (including phenoxy) is 1. The van der Waals surface area contributed by atoms with Gasteiger partial charge in [-0.2, -0.15) is 0 Å². The van der Waals surface area contributed by atoms with Crippen LogP contribution in [0, 0.1) is 0 Å². The number of carbonyl (C=O) groups excluding carboxylic acids is 1. The molecule has 6 nitrogen and oxygen atoms in total. The fourth-order valence-corrected chi connectivity index (χ4v) is 5.10. The summed E-state index contributed by atoms with van der Waals surface area (Å²) in [5.74, 6) is 1.22. The van der Waals surface area contributed by atoms with Gasteiger partial charge >= 0.3 is 0 Å². The minimum Gasteiger partial charge on any atom is -0.480 e. The zero-order valence-electron chi connectivity index (χ0n) is 23.5. The number of imidazole rings is 1. The van der Waals surface area contributed by atoms with E-state index in [-0.39, 0.29) is 17.9 Å². The van der Waals surface area contributed by atoms with Crippen LogP contribution in [0.4, 0.5) is 10.1 Å². The average molecular weight is 564 g/mol. The van der Waals surface area contributed by atoms with Gasteiger partial charge in [-0.3, -0.25) is 4.79 Å². The highest BCUT2D eigenvalue weighted by Crippen LogP contribution is 2.37. The smallest absolute Gasteiger partial charge is 0.228 e. The second-order valence-corrected chi connectivity index (χ2v) is 11.0. The predicted molar refractivity (Wildman–Crippen MR) is 159 cm³/mol. The molecule has 3 aromatic carbocycles. The second kappa shape index (κ2) is 11.4. The third-order valence-corrected chi connectivity index (χ3v) is 7.25. The number of nitrogens with zero attached hydrogens (tertiary/aromatic N) is 2. The maximum atomic E-state index is 15.3. The van der Waals surface area contributed by atoms with Crippen LogP contribution < -0.4 is 10.1 Å². The first-order valence-electron chi connectivity index (χ1n) is 13.2. The summed E-state index contributed by atoms with van der Waals surface area (Å²) in [7, 11) is 0. The predicted octanol–water partition coefficient (Wildman–Crippen LogP) is 7.33. The van der Waals surface area contributed by atoms with Gasteiger partial charge in [-0.25, -0.2) is 9.37 Å². The van der Waals surface area contributed by atoms with E-state index in [1.54, 1.807) is 55.5 Å². The van der Waals surface area contributed by atoms with E-state index in [2.05, 4.69) is 23.4 Å². The first-order valence-corrected chi connectivity index (χ1v) is 13.6. The van der Waals surface area contributed by atoms with Crippen LogP contribution in [-0.2, 0) is 29.0 Å². The number of benzene rings is 3. The number of rotatable bonds is 10. The van der Waals surface area contributed by atoms with E-state index in [1.165, 1.54) is 6.92 Å². The molecule has 2 unspecified atom stereocenters. The van der Waals surface area contributed by atoms with Crippen molar-refractivity contribution in [2.75, 3.05) is 5.32 Å². The summed E-state index contributed by atoms with van der Waals surface area (Å²) in [6, 6.07) is 19.4. The lowest BCUT2D eigenvalue weighted by atomic mass is 9.84. The molecule has 40 heavy (non-hydrogen) atoms. The quantitative estimate of drug-likeness (QED) is 0.198. The molecule has 0 aliphatic heterocycles. The lowest BCUT2D eigenvalue weighted by Gasteiger charge is -2.29. The van der Waals surface area contributed by atoms with Crippen molar-refractivity contribution in [3.63, 3.8) is 0 Å². The summed E-state index contributed by atoms with van der Waals surface area (Å²) in [6.45, 7) is 13.4. The maximum Gasteiger partial charge on any atom is 0.228 e. The molecule has 0 aliphatic carbocycles. The molecule has 1 aromatic heterocycles. The average Bonchev–Trinajstić information content (AvgIpc) is 3.28. The number of carbonyl (C=O) groups is 1. The Bertz CT molecular complexity index is 1530. The highest BCUT2D eigenvalue weighted by Gasteiger charge is 2.38. The van der Waals surface area contributed by atoms with E-state index in [9.17, 15) is 9.90 Å². The van der Waals surface area contributed by atoms with Gasteiger partial charge in [0.1, 0.15) is 5.75 Å². The molecule has 2 N–H and O–H groups in total. The lowest BCUT2D eigenvalue weighted by Crippen LogP contribution is -2.34. The number of aromatic nitrogens is 2. The second-order valence-electron chi connectivity index (χ2n) is 10.5. The van der Waals surface area contributed by atoms with Crippen molar-refractivity contribution in [3.8, 4) is 5.75 Å². The summed E-state index contributed by atoms with van der Waals surface area (Å²) in [5, 5.41) is 13.5. The van der Waals surface area contributed by atoms with Crippen molar-refractivity contribution in [2.45, 2.75) is 65.0 Å². The highest BCUT2D eigenvalue weighted by molar-refractivity contribution is 6.31. The van der Waals surface area contributed by atoms with Crippen LogP contribution in [0.25, 0.3) is 11.0 Å². The number of aliphatic hydroxyl groups is 1. The number of anilines is 1. The zero-order chi connectivity index (χ0) is 29.2. The number of hydrogen-bond donors (Lipinski definition) is 2. The largest absolute Gasteiger partial charge is 0.480 e. The van der Waals surface area contributed by atoms with Crippen LogP contribution >= 0.6 is 11.6 Å². The molecule has 210 valence electrons. The first kappa shape index (κ1) is 29.3. The van der Waals surface area contributed by atoms with Crippen LogP contribution in [0.3, 0.4) is 0 Å². The van der Waals surface area contributed by atoms with Crippen LogP contribution in [0.5, 0.6) is 5.75 Å². The Morgan fingerprint density at radius 1 is 1.15 bits per heavy atom.